The number of piperazine rings is 1. The zero-order valence-corrected chi connectivity index (χ0v) is 14.7. The van der Waals surface area contributed by atoms with Gasteiger partial charge in [0, 0.05) is 31.6 Å². The van der Waals surface area contributed by atoms with E-state index in [1.165, 1.54) is 22.0 Å². The van der Waals surface area contributed by atoms with E-state index in [0.717, 1.165) is 45.0 Å². The first-order chi connectivity index (χ1) is 10.7. The monoisotopic (exact) mass is 302 g/mol. The fraction of sp³-hybridized carbons (Fsp3) is 0.611. The molecule has 0 amide bonds. The maximum Gasteiger partial charge on any atom is 0.158 e. The molecule has 1 aliphatic rings. The maximum atomic E-state index is 4.60. The number of likely N-dealkylation sites (N-methyl/N-ethyl adjacent to an activating group) is 1. The van der Waals surface area contributed by atoms with Crippen LogP contribution in [0.1, 0.15) is 38.8 Å². The van der Waals surface area contributed by atoms with E-state index in [1.807, 2.05) is 13.8 Å². The highest BCUT2D eigenvalue weighted by Crippen LogP contribution is 2.28. The molecule has 1 aromatic heterocycles. The Morgan fingerprint density at radius 3 is 2.36 bits per heavy atom. The number of nitrogens with one attached hydrogen (secondary N) is 1. The fourth-order valence-corrected chi connectivity index (χ4v) is 3.13. The minimum atomic E-state index is 1.05. The summed E-state index contributed by atoms with van der Waals surface area (Å²) in [7, 11) is 0. The Morgan fingerprint density at radius 2 is 1.77 bits per heavy atom. The van der Waals surface area contributed by atoms with E-state index < -0.39 is 0 Å². The molecule has 1 aromatic carbocycles. The van der Waals surface area contributed by atoms with Gasteiger partial charge >= 0.3 is 0 Å². The van der Waals surface area contributed by atoms with Crippen molar-refractivity contribution in [3.63, 3.8) is 0 Å². The molecule has 1 N–H and O–H groups in total. The lowest BCUT2D eigenvalue weighted by Crippen LogP contribution is -2.46. The molecule has 0 aliphatic carbocycles. The SMILES string of the molecule is CC.CCc1cc(C)cc2c(N3CCN(CC)CC3)n[nH]c12. The second-order valence-corrected chi connectivity index (χ2v) is 5.67. The van der Waals surface area contributed by atoms with Crippen molar-refractivity contribution >= 4 is 16.7 Å². The quantitative estimate of drug-likeness (QED) is 0.941. The normalized spacial score (nSPS) is 15.8. The molecule has 4 heteroatoms. The van der Waals surface area contributed by atoms with Crippen LogP contribution in [-0.4, -0.2) is 47.8 Å². The van der Waals surface area contributed by atoms with Gasteiger partial charge in [-0.1, -0.05) is 33.8 Å². The number of fused-ring (bicyclic) bond motifs is 1. The van der Waals surface area contributed by atoms with Crippen molar-refractivity contribution in [2.24, 2.45) is 0 Å². The van der Waals surface area contributed by atoms with Crippen molar-refractivity contribution in [2.45, 2.75) is 41.0 Å². The molecule has 0 bridgehead atoms. The highest BCUT2D eigenvalue weighted by atomic mass is 15.3. The second-order valence-electron chi connectivity index (χ2n) is 5.67. The van der Waals surface area contributed by atoms with Gasteiger partial charge in [-0.05, 0) is 37.1 Å². The molecule has 1 fully saturated rings. The van der Waals surface area contributed by atoms with E-state index in [1.54, 1.807) is 0 Å². The van der Waals surface area contributed by atoms with Gasteiger partial charge in [0.2, 0.25) is 0 Å². The van der Waals surface area contributed by atoms with Gasteiger partial charge in [0.15, 0.2) is 5.82 Å². The summed E-state index contributed by atoms with van der Waals surface area (Å²) in [6.45, 7) is 16.2. The molecule has 122 valence electrons. The van der Waals surface area contributed by atoms with E-state index in [4.69, 9.17) is 0 Å². The molecule has 0 atom stereocenters. The van der Waals surface area contributed by atoms with Crippen LogP contribution in [0.4, 0.5) is 5.82 Å². The number of H-pyrrole nitrogens is 1. The molecule has 0 unspecified atom stereocenters. The standard InChI is InChI=1S/C16H24N4.C2H6/c1-4-13-10-12(3)11-14-15(13)17-18-16(14)20-8-6-19(5-2)7-9-20;1-2/h10-11H,4-9H2,1-3H3,(H,17,18);1-2H3. The van der Waals surface area contributed by atoms with Gasteiger partial charge in [-0.15, -0.1) is 0 Å². The van der Waals surface area contributed by atoms with Crippen LogP contribution in [0.25, 0.3) is 10.9 Å². The summed E-state index contributed by atoms with van der Waals surface area (Å²) in [5.41, 5.74) is 3.90. The molecule has 1 aliphatic heterocycles. The minimum Gasteiger partial charge on any atom is -0.352 e. The van der Waals surface area contributed by atoms with Crippen LogP contribution in [0.15, 0.2) is 12.1 Å². The Kier molecular flexibility index (Phi) is 5.83. The molecule has 4 nitrogen and oxygen atoms in total. The summed E-state index contributed by atoms with van der Waals surface area (Å²) in [6, 6.07) is 4.53. The zero-order valence-electron chi connectivity index (χ0n) is 14.7. The highest BCUT2D eigenvalue weighted by Gasteiger charge is 2.20. The highest BCUT2D eigenvalue weighted by molar-refractivity contribution is 5.93. The van der Waals surface area contributed by atoms with Gasteiger partial charge < -0.3 is 9.80 Å². The number of benzene rings is 1. The van der Waals surface area contributed by atoms with Gasteiger partial charge in [-0.2, -0.15) is 5.10 Å². The smallest absolute Gasteiger partial charge is 0.158 e. The fourth-order valence-electron chi connectivity index (χ4n) is 3.13. The predicted octanol–water partition coefficient (Wildman–Crippen LogP) is 3.60. The van der Waals surface area contributed by atoms with Crippen LogP contribution in [0.5, 0.6) is 0 Å². The number of anilines is 1. The number of hydrogen-bond acceptors (Lipinski definition) is 3. The van der Waals surface area contributed by atoms with Crippen LogP contribution in [0, 0.1) is 6.92 Å². The lowest BCUT2D eigenvalue weighted by molar-refractivity contribution is 0.270. The van der Waals surface area contributed by atoms with Crippen molar-refractivity contribution < 1.29 is 0 Å². The first-order valence-electron chi connectivity index (χ1n) is 8.67. The lowest BCUT2D eigenvalue weighted by Gasteiger charge is -2.34. The van der Waals surface area contributed by atoms with Crippen molar-refractivity contribution in [2.75, 3.05) is 37.6 Å². The Balaban J connectivity index is 0.000000847. The average Bonchev–Trinajstić information content (AvgIpc) is 2.99. The molecule has 0 radical (unpaired) electrons. The van der Waals surface area contributed by atoms with Crippen molar-refractivity contribution in [3.05, 3.63) is 23.3 Å². The summed E-state index contributed by atoms with van der Waals surface area (Å²) < 4.78 is 0. The van der Waals surface area contributed by atoms with Crippen molar-refractivity contribution in [1.29, 1.82) is 0 Å². The minimum absolute atomic E-state index is 1.05. The molecule has 0 saturated carbocycles. The molecule has 2 aromatic rings. The molecule has 3 rings (SSSR count). The van der Waals surface area contributed by atoms with E-state index in [0.29, 0.717) is 0 Å². The van der Waals surface area contributed by atoms with Crippen molar-refractivity contribution in [1.82, 2.24) is 15.1 Å². The Morgan fingerprint density at radius 1 is 1.09 bits per heavy atom. The van der Waals surface area contributed by atoms with Crippen LogP contribution in [-0.2, 0) is 6.42 Å². The number of aromatic amines is 1. The summed E-state index contributed by atoms with van der Waals surface area (Å²) >= 11 is 0. The van der Waals surface area contributed by atoms with Gasteiger partial charge in [0.1, 0.15) is 0 Å². The average molecular weight is 302 g/mol. The number of nitrogens with zero attached hydrogens (tertiary/aromatic N) is 3. The molecular weight excluding hydrogens is 272 g/mol. The van der Waals surface area contributed by atoms with Crippen molar-refractivity contribution in [3.8, 4) is 0 Å². The molecule has 2 heterocycles. The number of aromatic nitrogens is 2. The number of aryl methyl sites for hydroxylation is 2. The maximum absolute atomic E-state index is 4.60. The van der Waals surface area contributed by atoms with Crippen LogP contribution >= 0.6 is 0 Å². The van der Waals surface area contributed by atoms with Gasteiger partial charge in [0.05, 0.1) is 5.52 Å². The third kappa shape index (κ3) is 3.27. The van der Waals surface area contributed by atoms with Crippen LogP contribution in [0.2, 0.25) is 0 Å². The second kappa shape index (κ2) is 7.63. The van der Waals surface area contributed by atoms with Gasteiger partial charge in [-0.25, -0.2) is 0 Å². The van der Waals surface area contributed by atoms with Gasteiger partial charge in [-0.3, -0.25) is 5.10 Å². The van der Waals surface area contributed by atoms with E-state index in [2.05, 4.69) is 52.9 Å². The Hall–Kier alpha value is -1.55. The summed E-state index contributed by atoms with van der Waals surface area (Å²) in [4.78, 5) is 4.91. The summed E-state index contributed by atoms with van der Waals surface area (Å²) in [6.07, 6.45) is 1.05. The Bertz CT molecular complexity index is 594. The zero-order chi connectivity index (χ0) is 16.1. The predicted molar refractivity (Wildman–Crippen MR) is 95.9 cm³/mol. The summed E-state index contributed by atoms with van der Waals surface area (Å²) in [5, 5.41) is 9.14. The summed E-state index contributed by atoms with van der Waals surface area (Å²) in [5.74, 6) is 1.13. The first kappa shape index (κ1) is 16.8. The molecular formula is C18H30N4. The lowest BCUT2D eigenvalue weighted by atomic mass is 10.0. The molecule has 0 spiro atoms. The first-order valence-corrected chi connectivity index (χ1v) is 8.67. The molecule has 1 saturated heterocycles. The largest absolute Gasteiger partial charge is 0.352 e. The van der Waals surface area contributed by atoms with Crippen LogP contribution in [0.3, 0.4) is 0 Å². The van der Waals surface area contributed by atoms with E-state index >= 15 is 0 Å². The number of rotatable bonds is 3. The van der Waals surface area contributed by atoms with Gasteiger partial charge in [0.25, 0.3) is 0 Å². The third-order valence-corrected chi connectivity index (χ3v) is 4.38. The third-order valence-electron chi connectivity index (χ3n) is 4.38. The topological polar surface area (TPSA) is 35.2 Å². The number of hydrogen-bond donors (Lipinski definition) is 1. The van der Waals surface area contributed by atoms with E-state index in [9.17, 15) is 0 Å². The molecule has 22 heavy (non-hydrogen) atoms. The van der Waals surface area contributed by atoms with E-state index in [-0.39, 0.29) is 0 Å². The Labute approximate surface area is 134 Å². The van der Waals surface area contributed by atoms with Crippen LogP contribution < -0.4 is 4.90 Å².